The Bertz CT molecular complexity index is 1290. The van der Waals surface area contributed by atoms with Gasteiger partial charge in [0.1, 0.15) is 10.4 Å². The quantitative estimate of drug-likeness (QED) is 0.204. The van der Waals surface area contributed by atoms with Crippen LogP contribution in [0.2, 0.25) is 0 Å². The van der Waals surface area contributed by atoms with Crippen molar-refractivity contribution in [3.8, 4) is 0 Å². The van der Waals surface area contributed by atoms with Gasteiger partial charge >= 0.3 is 17.6 Å². The fourth-order valence-electron chi connectivity index (χ4n) is 4.63. The topological polar surface area (TPSA) is 109 Å². The van der Waals surface area contributed by atoms with Crippen LogP contribution in [0.4, 0.5) is 0 Å². The number of carbonyl (C=O) groups excluding carboxylic acids is 2. The lowest BCUT2D eigenvalue weighted by Crippen LogP contribution is -2.44. The first-order chi connectivity index (χ1) is 18.7. The first-order valence-electron chi connectivity index (χ1n) is 13.7. The van der Waals surface area contributed by atoms with Gasteiger partial charge in [-0.15, -0.1) is 11.8 Å². The van der Waals surface area contributed by atoms with E-state index in [-0.39, 0.29) is 30.6 Å². The molecule has 0 aliphatic heterocycles. The second-order valence-electron chi connectivity index (χ2n) is 10.0. The number of esters is 2. The number of ether oxygens (including phenoxy) is 2. The molecule has 0 radical (unpaired) electrons. The summed E-state index contributed by atoms with van der Waals surface area (Å²) in [6.45, 7) is 8.13. The number of thioether (sulfide) groups is 1. The zero-order chi connectivity index (χ0) is 28.4. The fraction of sp³-hybridized carbons (Fsp3) is 0.552. The van der Waals surface area contributed by atoms with Crippen LogP contribution in [-0.4, -0.2) is 44.2 Å². The van der Waals surface area contributed by atoms with Crippen LogP contribution in [0.3, 0.4) is 0 Å². The van der Waals surface area contributed by atoms with Crippen molar-refractivity contribution in [3.05, 3.63) is 68.5 Å². The van der Waals surface area contributed by atoms with E-state index in [1.54, 1.807) is 13.8 Å². The number of benzene rings is 1. The van der Waals surface area contributed by atoms with Crippen molar-refractivity contribution in [1.82, 2.24) is 14.3 Å². The number of aryl methyl sites for hydroxylation is 2. The van der Waals surface area contributed by atoms with Crippen LogP contribution in [0, 0.1) is 0 Å². The molecule has 0 atom stereocenters. The molecule has 1 heterocycles. The summed E-state index contributed by atoms with van der Waals surface area (Å²) in [5.74, 6) is -0.723. The third kappa shape index (κ3) is 8.42. The van der Waals surface area contributed by atoms with Crippen molar-refractivity contribution in [2.45, 2.75) is 94.9 Å². The SMILES string of the molecule is CCOC(=O)C=CCn1c(=O)c(C2CCCC2)nn(CCCc2cccc(SC(C)(C)C(=O)OCC)c2)c1=O. The maximum absolute atomic E-state index is 13.2. The molecule has 0 N–H and O–H groups in total. The Hall–Kier alpha value is -3.14. The minimum Gasteiger partial charge on any atom is -0.465 e. The second kappa shape index (κ2) is 14.3. The standard InChI is InChI=1S/C29H39N3O6S/c1-5-37-24(33)17-11-18-31-26(34)25(22-14-7-8-15-22)30-32(28(31)36)19-10-13-21-12-9-16-23(20-21)39-29(3,4)27(35)38-6-2/h9,11-12,16-17,20,22H,5-8,10,13-15,18-19H2,1-4H3. The molecule has 0 unspecified atom stereocenters. The Morgan fingerprint density at radius 3 is 2.54 bits per heavy atom. The van der Waals surface area contributed by atoms with Crippen LogP contribution in [-0.2, 0) is 38.6 Å². The van der Waals surface area contributed by atoms with E-state index in [0.29, 0.717) is 31.7 Å². The van der Waals surface area contributed by atoms with Gasteiger partial charge in [0.05, 0.1) is 13.2 Å². The third-order valence-electron chi connectivity index (χ3n) is 6.59. The second-order valence-corrected chi connectivity index (χ2v) is 11.7. The van der Waals surface area contributed by atoms with Gasteiger partial charge in [-0.3, -0.25) is 14.2 Å². The largest absolute Gasteiger partial charge is 0.465 e. The van der Waals surface area contributed by atoms with Crippen molar-refractivity contribution in [2.24, 2.45) is 0 Å². The summed E-state index contributed by atoms with van der Waals surface area (Å²) in [7, 11) is 0. The fourth-order valence-corrected chi connectivity index (χ4v) is 5.71. The molecule has 0 amide bonds. The molecule has 0 bridgehead atoms. The van der Waals surface area contributed by atoms with E-state index in [9.17, 15) is 19.2 Å². The summed E-state index contributed by atoms with van der Waals surface area (Å²) in [4.78, 5) is 51.3. The Labute approximate surface area is 233 Å². The van der Waals surface area contributed by atoms with Crippen molar-refractivity contribution in [2.75, 3.05) is 13.2 Å². The van der Waals surface area contributed by atoms with E-state index in [4.69, 9.17) is 9.47 Å². The first-order valence-corrected chi connectivity index (χ1v) is 14.5. The smallest absolute Gasteiger partial charge is 0.347 e. The Morgan fingerprint density at radius 2 is 1.85 bits per heavy atom. The highest BCUT2D eigenvalue weighted by molar-refractivity contribution is 8.01. The molecule has 1 aromatic carbocycles. The number of hydrogen-bond donors (Lipinski definition) is 0. The predicted molar refractivity (Wildman–Crippen MR) is 151 cm³/mol. The lowest BCUT2D eigenvalue weighted by Gasteiger charge is -2.21. The number of carbonyl (C=O) groups is 2. The van der Waals surface area contributed by atoms with E-state index < -0.39 is 16.4 Å². The summed E-state index contributed by atoms with van der Waals surface area (Å²) in [6.07, 6.45) is 7.89. The Kier molecular flexibility index (Phi) is 11.2. The number of allylic oxidation sites excluding steroid dienone is 1. The van der Waals surface area contributed by atoms with Crippen molar-refractivity contribution >= 4 is 23.7 Å². The summed E-state index contributed by atoms with van der Waals surface area (Å²) in [5, 5.41) is 4.52. The number of aromatic nitrogens is 3. The molecule has 39 heavy (non-hydrogen) atoms. The van der Waals surface area contributed by atoms with Crippen LogP contribution >= 0.6 is 11.8 Å². The summed E-state index contributed by atoms with van der Waals surface area (Å²) >= 11 is 1.45. The molecule has 0 spiro atoms. The van der Waals surface area contributed by atoms with Crippen molar-refractivity contribution < 1.29 is 19.1 Å². The zero-order valence-electron chi connectivity index (χ0n) is 23.3. The predicted octanol–water partition coefficient (Wildman–Crippen LogP) is 4.25. The van der Waals surface area contributed by atoms with Gasteiger partial charge in [0.15, 0.2) is 0 Å². The van der Waals surface area contributed by atoms with Gasteiger partial charge in [-0.05, 0) is 71.1 Å². The average Bonchev–Trinajstić information content (AvgIpc) is 3.42. The van der Waals surface area contributed by atoms with Crippen LogP contribution in [0.5, 0.6) is 0 Å². The lowest BCUT2D eigenvalue weighted by molar-refractivity contribution is -0.145. The number of hydrogen-bond acceptors (Lipinski definition) is 8. The minimum atomic E-state index is -0.710. The normalized spacial score (nSPS) is 14.2. The summed E-state index contributed by atoms with van der Waals surface area (Å²) < 4.78 is 11.9. The lowest BCUT2D eigenvalue weighted by atomic mass is 10.0. The Balaban J connectivity index is 1.75. The van der Waals surface area contributed by atoms with Crippen LogP contribution in [0.25, 0.3) is 0 Å². The highest BCUT2D eigenvalue weighted by Gasteiger charge is 2.30. The monoisotopic (exact) mass is 557 g/mol. The molecule has 10 heteroatoms. The molecule has 1 aliphatic rings. The molecule has 2 aromatic rings. The van der Waals surface area contributed by atoms with E-state index in [2.05, 4.69) is 5.10 Å². The summed E-state index contributed by atoms with van der Waals surface area (Å²) in [5.41, 5.74) is 0.631. The summed E-state index contributed by atoms with van der Waals surface area (Å²) in [6, 6.07) is 7.99. The molecule has 0 saturated heterocycles. The first kappa shape index (κ1) is 30.4. The number of rotatable bonds is 13. The van der Waals surface area contributed by atoms with Gasteiger partial charge in [0, 0.05) is 30.0 Å². The minimum absolute atomic E-state index is 0.0196. The third-order valence-corrected chi connectivity index (χ3v) is 7.76. The highest BCUT2D eigenvalue weighted by atomic mass is 32.2. The molecule has 1 aliphatic carbocycles. The van der Waals surface area contributed by atoms with Gasteiger partial charge in [-0.1, -0.05) is 31.1 Å². The molecule has 9 nitrogen and oxygen atoms in total. The molecule has 1 saturated carbocycles. The van der Waals surface area contributed by atoms with E-state index in [0.717, 1.165) is 40.7 Å². The van der Waals surface area contributed by atoms with Gasteiger partial charge in [-0.25, -0.2) is 14.3 Å². The molecule has 1 fully saturated rings. The van der Waals surface area contributed by atoms with Gasteiger partial charge in [-0.2, -0.15) is 5.10 Å². The van der Waals surface area contributed by atoms with Crippen LogP contribution in [0.15, 0.2) is 50.9 Å². The van der Waals surface area contributed by atoms with E-state index >= 15 is 0 Å². The Morgan fingerprint density at radius 1 is 1.13 bits per heavy atom. The molecular weight excluding hydrogens is 518 g/mol. The van der Waals surface area contributed by atoms with Crippen LogP contribution < -0.4 is 11.2 Å². The molecular formula is C29H39N3O6S. The molecule has 212 valence electrons. The number of nitrogens with zero attached hydrogens (tertiary/aromatic N) is 3. The van der Waals surface area contributed by atoms with Crippen molar-refractivity contribution in [1.29, 1.82) is 0 Å². The van der Waals surface area contributed by atoms with E-state index in [1.807, 2.05) is 38.1 Å². The molecule has 1 aromatic heterocycles. The maximum Gasteiger partial charge on any atom is 0.347 e. The molecule has 3 rings (SSSR count). The van der Waals surface area contributed by atoms with Gasteiger partial charge in [0.25, 0.3) is 5.56 Å². The van der Waals surface area contributed by atoms with Gasteiger partial charge in [0.2, 0.25) is 0 Å². The highest BCUT2D eigenvalue weighted by Crippen LogP contribution is 2.34. The zero-order valence-corrected chi connectivity index (χ0v) is 24.1. The van der Waals surface area contributed by atoms with Gasteiger partial charge < -0.3 is 9.47 Å². The average molecular weight is 558 g/mol. The van der Waals surface area contributed by atoms with E-state index in [1.165, 1.54) is 28.6 Å². The van der Waals surface area contributed by atoms with Crippen LogP contribution in [0.1, 0.15) is 77.0 Å². The maximum atomic E-state index is 13.2. The van der Waals surface area contributed by atoms with Crippen molar-refractivity contribution in [3.63, 3.8) is 0 Å².